The van der Waals surface area contributed by atoms with E-state index in [0.29, 0.717) is 19.8 Å². The number of aryl methyl sites for hydroxylation is 1. The van der Waals surface area contributed by atoms with Gasteiger partial charge in [0.05, 0.1) is 13.2 Å². The van der Waals surface area contributed by atoms with Crippen molar-refractivity contribution < 1.29 is 14.3 Å². The van der Waals surface area contributed by atoms with E-state index in [0.717, 1.165) is 36.1 Å². The molecule has 0 bridgehead atoms. The molecule has 1 unspecified atom stereocenters. The summed E-state index contributed by atoms with van der Waals surface area (Å²) in [5, 5.41) is 2.93. The van der Waals surface area contributed by atoms with E-state index >= 15 is 0 Å². The first kappa shape index (κ1) is 16.8. The quantitative estimate of drug-likeness (QED) is 0.833. The Kier molecular flexibility index (Phi) is 6.21. The second-order valence-corrected chi connectivity index (χ2v) is 5.82. The minimum Gasteiger partial charge on any atom is -0.496 e. The van der Waals surface area contributed by atoms with Crippen LogP contribution in [0.2, 0.25) is 0 Å². The third kappa shape index (κ3) is 4.45. The lowest BCUT2D eigenvalue weighted by molar-refractivity contribution is -0.124. The maximum atomic E-state index is 12.1. The van der Waals surface area contributed by atoms with Gasteiger partial charge in [-0.2, -0.15) is 0 Å². The Morgan fingerprint density at radius 1 is 1.45 bits per heavy atom. The number of hydrogen-bond acceptors (Lipinski definition) is 4. The van der Waals surface area contributed by atoms with Gasteiger partial charge in [0.15, 0.2) is 0 Å². The van der Waals surface area contributed by atoms with Crippen LogP contribution in [-0.4, -0.2) is 38.8 Å². The van der Waals surface area contributed by atoms with Gasteiger partial charge in [-0.25, -0.2) is 0 Å². The van der Waals surface area contributed by atoms with Gasteiger partial charge in [0, 0.05) is 19.8 Å². The number of benzene rings is 1. The summed E-state index contributed by atoms with van der Waals surface area (Å²) in [6.45, 7) is 4.00. The molecule has 1 aromatic rings. The first-order chi connectivity index (χ1) is 10.6. The van der Waals surface area contributed by atoms with Gasteiger partial charge in [-0.15, -0.1) is 0 Å². The monoisotopic (exact) mass is 306 g/mol. The highest BCUT2D eigenvalue weighted by Crippen LogP contribution is 2.19. The predicted molar refractivity (Wildman–Crippen MR) is 86.0 cm³/mol. The SMILES string of the molecule is COc1cc(CCNC(=O)C(N)C2CCOCC2)ccc1C. The first-order valence-electron chi connectivity index (χ1n) is 7.86. The summed E-state index contributed by atoms with van der Waals surface area (Å²) in [4.78, 5) is 12.1. The lowest BCUT2D eigenvalue weighted by Crippen LogP contribution is -2.47. The molecule has 1 saturated heterocycles. The Balaban J connectivity index is 1.78. The zero-order chi connectivity index (χ0) is 15.9. The molecule has 1 aliphatic rings. The standard InChI is InChI=1S/C17H26N2O3/c1-12-3-4-13(11-15(12)21-2)5-8-19-17(20)16(18)14-6-9-22-10-7-14/h3-4,11,14,16H,5-10,18H2,1-2H3,(H,19,20). The smallest absolute Gasteiger partial charge is 0.237 e. The van der Waals surface area contributed by atoms with Gasteiger partial charge in [0.2, 0.25) is 5.91 Å². The maximum Gasteiger partial charge on any atom is 0.237 e. The van der Waals surface area contributed by atoms with E-state index in [1.54, 1.807) is 7.11 Å². The predicted octanol–water partition coefficient (Wildman–Crippen LogP) is 1.42. The Hall–Kier alpha value is -1.59. The van der Waals surface area contributed by atoms with E-state index in [9.17, 15) is 4.79 Å². The van der Waals surface area contributed by atoms with Crippen molar-refractivity contribution in [1.82, 2.24) is 5.32 Å². The molecule has 0 saturated carbocycles. The number of ether oxygens (including phenoxy) is 2. The van der Waals surface area contributed by atoms with Crippen LogP contribution in [0.5, 0.6) is 5.75 Å². The molecule has 3 N–H and O–H groups in total. The van der Waals surface area contributed by atoms with Crippen molar-refractivity contribution >= 4 is 5.91 Å². The summed E-state index contributed by atoms with van der Waals surface area (Å²) in [5.41, 5.74) is 8.30. The van der Waals surface area contributed by atoms with Crippen LogP contribution in [-0.2, 0) is 16.0 Å². The molecule has 1 heterocycles. The Labute approximate surface area is 132 Å². The number of nitrogens with one attached hydrogen (secondary N) is 1. The molecule has 0 aromatic heterocycles. The third-order valence-electron chi connectivity index (χ3n) is 4.26. The Morgan fingerprint density at radius 3 is 2.86 bits per heavy atom. The van der Waals surface area contributed by atoms with E-state index in [1.165, 1.54) is 0 Å². The van der Waals surface area contributed by atoms with Crippen molar-refractivity contribution in [2.75, 3.05) is 26.9 Å². The Bertz CT molecular complexity index is 499. The van der Waals surface area contributed by atoms with Gasteiger partial charge in [-0.3, -0.25) is 4.79 Å². The summed E-state index contributed by atoms with van der Waals surface area (Å²) in [6, 6.07) is 5.67. The number of hydrogen-bond donors (Lipinski definition) is 2. The average molecular weight is 306 g/mol. The van der Waals surface area contributed by atoms with Crippen molar-refractivity contribution in [1.29, 1.82) is 0 Å². The number of carbonyl (C=O) groups is 1. The molecule has 1 fully saturated rings. The van der Waals surface area contributed by atoms with E-state index < -0.39 is 6.04 Å². The zero-order valence-corrected chi connectivity index (χ0v) is 13.4. The number of amides is 1. The summed E-state index contributed by atoms with van der Waals surface area (Å²) < 4.78 is 10.6. The fraction of sp³-hybridized carbons (Fsp3) is 0.588. The minimum atomic E-state index is -0.434. The molecule has 5 heteroatoms. The molecule has 22 heavy (non-hydrogen) atoms. The van der Waals surface area contributed by atoms with Gasteiger partial charge in [-0.05, 0) is 49.3 Å². The molecule has 1 aromatic carbocycles. The lowest BCUT2D eigenvalue weighted by Gasteiger charge is -2.26. The molecular formula is C17H26N2O3. The second kappa shape index (κ2) is 8.15. The van der Waals surface area contributed by atoms with E-state index in [-0.39, 0.29) is 11.8 Å². The molecule has 1 aliphatic heterocycles. The highest BCUT2D eigenvalue weighted by Gasteiger charge is 2.26. The van der Waals surface area contributed by atoms with Crippen LogP contribution in [0.15, 0.2) is 18.2 Å². The fourth-order valence-electron chi connectivity index (χ4n) is 2.76. The van der Waals surface area contributed by atoms with E-state index in [1.807, 2.05) is 19.1 Å². The van der Waals surface area contributed by atoms with Gasteiger partial charge in [-0.1, -0.05) is 12.1 Å². The third-order valence-corrected chi connectivity index (χ3v) is 4.26. The van der Waals surface area contributed by atoms with Gasteiger partial charge in [0.25, 0.3) is 0 Å². The van der Waals surface area contributed by atoms with Crippen LogP contribution >= 0.6 is 0 Å². The summed E-state index contributed by atoms with van der Waals surface area (Å²) in [5.74, 6) is 1.04. The molecule has 1 atom stereocenters. The van der Waals surface area contributed by atoms with E-state index in [2.05, 4.69) is 11.4 Å². The normalized spacial score (nSPS) is 17.0. The highest BCUT2D eigenvalue weighted by molar-refractivity contribution is 5.81. The molecule has 0 spiro atoms. The molecule has 5 nitrogen and oxygen atoms in total. The van der Waals surface area contributed by atoms with Crippen molar-refractivity contribution in [2.45, 2.75) is 32.2 Å². The molecule has 0 aliphatic carbocycles. The largest absolute Gasteiger partial charge is 0.496 e. The Morgan fingerprint density at radius 2 is 2.18 bits per heavy atom. The lowest BCUT2D eigenvalue weighted by atomic mass is 9.92. The first-order valence-corrected chi connectivity index (χ1v) is 7.86. The molecular weight excluding hydrogens is 280 g/mol. The second-order valence-electron chi connectivity index (χ2n) is 5.82. The number of rotatable bonds is 6. The van der Waals surface area contributed by atoms with Crippen LogP contribution in [0.1, 0.15) is 24.0 Å². The molecule has 0 radical (unpaired) electrons. The van der Waals surface area contributed by atoms with Gasteiger partial charge >= 0.3 is 0 Å². The highest BCUT2D eigenvalue weighted by atomic mass is 16.5. The van der Waals surface area contributed by atoms with Crippen molar-refractivity contribution in [3.8, 4) is 5.75 Å². The van der Waals surface area contributed by atoms with Crippen LogP contribution < -0.4 is 15.8 Å². The van der Waals surface area contributed by atoms with Crippen molar-refractivity contribution in [3.63, 3.8) is 0 Å². The molecule has 122 valence electrons. The van der Waals surface area contributed by atoms with Gasteiger partial charge < -0.3 is 20.5 Å². The maximum absolute atomic E-state index is 12.1. The number of nitrogens with two attached hydrogens (primary N) is 1. The van der Waals surface area contributed by atoms with Crippen molar-refractivity contribution in [3.05, 3.63) is 29.3 Å². The fourth-order valence-corrected chi connectivity index (χ4v) is 2.76. The van der Waals surface area contributed by atoms with Gasteiger partial charge in [0.1, 0.15) is 5.75 Å². The molecule has 1 amide bonds. The average Bonchev–Trinajstić information content (AvgIpc) is 2.56. The summed E-state index contributed by atoms with van der Waals surface area (Å²) in [6.07, 6.45) is 2.50. The minimum absolute atomic E-state index is 0.0639. The topological polar surface area (TPSA) is 73.6 Å². The van der Waals surface area contributed by atoms with Crippen LogP contribution in [0, 0.1) is 12.8 Å². The van der Waals surface area contributed by atoms with Crippen LogP contribution in [0.4, 0.5) is 0 Å². The van der Waals surface area contributed by atoms with Crippen LogP contribution in [0.25, 0.3) is 0 Å². The van der Waals surface area contributed by atoms with E-state index in [4.69, 9.17) is 15.2 Å². The van der Waals surface area contributed by atoms with Crippen molar-refractivity contribution in [2.24, 2.45) is 11.7 Å². The number of carbonyl (C=O) groups excluding carboxylic acids is 1. The summed E-state index contributed by atoms with van der Waals surface area (Å²) in [7, 11) is 1.67. The number of methoxy groups -OCH3 is 1. The van der Waals surface area contributed by atoms with Crippen LogP contribution in [0.3, 0.4) is 0 Å². The zero-order valence-electron chi connectivity index (χ0n) is 13.4. The molecule has 2 rings (SSSR count). The summed E-state index contributed by atoms with van der Waals surface area (Å²) >= 11 is 0.